The van der Waals surface area contributed by atoms with E-state index in [-0.39, 0.29) is 30.9 Å². The highest BCUT2D eigenvalue weighted by molar-refractivity contribution is 6.39. The zero-order chi connectivity index (χ0) is 15.2. The standard InChI is InChI=1S/C16H18N2O3.ClH/c1-11(2)17-16(18-20)14(19)10-21-15-9-5-7-12-6-3-4-8-13(12)15;/h3-9,11,20H,10H2,1-2H3,(H,17,18);1H. The lowest BCUT2D eigenvalue weighted by Crippen LogP contribution is -2.33. The molecule has 2 rings (SSSR count). The van der Waals surface area contributed by atoms with E-state index in [2.05, 4.69) is 4.99 Å². The number of ether oxygens (including phenoxy) is 1. The second-order valence-corrected chi connectivity index (χ2v) is 4.87. The first kappa shape index (κ1) is 17.9. The highest BCUT2D eigenvalue weighted by Crippen LogP contribution is 2.24. The number of hydrogen-bond donors (Lipinski definition) is 2. The summed E-state index contributed by atoms with van der Waals surface area (Å²) in [5.74, 6) is 0.132. The summed E-state index contributed by atoms with van der Waals surface area (Å²) in [7, 11) is 0. The number of ketones is 1. The molecular weight excluding hydrogens is 304 g/mol. The van der Waals surface area contributed by atoms with Gasteiger partial charge in [-0.1, -0.05) is 36.4 Å². The molecule has 6 heteroatoms. The summed E-state index contributed by atoms with van der Waals surface area (Å²) in [5, 5.41) is 10.9. The second-order valence-electron chi connectivity index (χ2n) is 4.87. The van der Waals surface area contributed by atoms with Crippen LogP contribution in [0.3, 0.4) is 0 Å². The molecule has 0 bridgehead atoms. The third-order valence-corrected chi connectivity index (χ3v) is 2.87. The van der Waals surface area contributed by atoms with Crippen molar-refractivity contribution in [2.24, 2.45) is 4.99 Å². The van der Waals surface area contributed by atoms with E-state index in [9.17, 15) is 4.79 Å². The van der Waals surface area contributed by atoms with Gasteiger partial charge in [0.05, 0.1) is 0 Å². The van der Waals surface area contributed by atoms with Crippen molar-refractivity contribution in [2.75, 3.05) is 6.61 Å². The van der Waals surface area contributed by atoms with E-state index in [0.29, 0.717) is 5.75 Å². The predicted molar refractivity (Wildman–Crippen MR) is 89.2 cm³/mol. The highest BCUT2D eigenvalue weighted by atomic mass is 35.5. The van der Waals surface area contributed by atoms with Crippen LogP contribution in [0.1, 0.15) is 13.8 Å². The van der Waals surface area contributed by atoms with Crippen molar-refractivity contribution in [1.82, 2.24) is 5.48 Å². The SMILES string of the molecule is CC(C)N=C(NO)C(=O)COc1cccc2ccccc12.Cl. The topological polar surface area (TPSA) is 70.9 Å². The lowest BCUT2D eigenvalue weighted by Gasteiger charge is -2.10. The minimum atomic E-state index is -0.404. The summed E-state index contributed by atoms with van der Waals surface area (Å²) in [5.41, 5.74) is 1.83. The van der Waals surface area contributed by atoms with Gasteiger partial charge in [-0.15, -0.1) is 12.4 Å². The lowest BCUT2D eigenvalue weighted by atomic mass is 10.1. The zero-order valence-electron chi connectivity index (χ0n) is 12.4. The highest BCUT2D eigenvalue weighted by Gasteiger charge is 2.13. The summed E-state index contributed by atoms with van der Waals surface area (Å²) in [6.07, 6.45) is 0. The van der Waals surface area contributed by atoms with Crippen molar-refractivity contribution < 1.29 is 14.7 Å². The number of halogens is 1. The molecule has 0 saturated carbocycles. The number of aliphatic imine (C=N–C) groups is 1. The maximum atomic E-state index is 11.9. The average molecular weight is 323 g/mol. The molecule has 0 unspecified atom stereocenters. The van der Waals surface area contributed by atoms with Crippen LogP contribution in [0.5, 0.6) is 5.75 Å². The van der Waals surface area contributed by atoms with Gasteiger partial charge in [-0.05, 0) is 25.3 Å². The van der Waals surface area contributed by atoms with E-state index in [1.165, 1.54) is 0 Å². The number of hydroxylamine groups is 1. The van der Waals surface area contributed by atoms with Gasteiger partial charge < -0.3 is 4.74 Å². The van der Waals surface area contributed by atoms with Crippen LogP contribution in [0, 0.1) is 0 Å². The fourth-order valence-corrected chi connectivity index (χ4v) is 1.95. The molecule has 0 heterocycles. The number of carbonyl (C=O) groups is 1. The van der Waals surface area contributed by atoms with Crippen LogP contribution in [0.4, 0.5) is 0 Å². The van der Waals surface area contributed by atoms with Crippen LogP contribution in [-0.4, -0.2) is 29.5 Å². The van der Waals surface area contributed by atoms with E-state index in [1.54, 1.807) is 6.07 Å². The second kappa shape index (κ2) is 8.36. The molecular formula is C16H19ClN2O3. The van der Waals surface area contributed by atoms with Crippen molar-refractivity contribution in [1.29, 1.82) is 0 Å². The van der Waals surface area contributed by atoms with Crippen molar-refractivity contribution in [3.63, 3.8) is 0 Å². The van der Waals surface area contributed by atoms with Gasteiger partial charge in [0.15, 0.2) is 12.4 Å². The van der Waals surface area contributed by atoms with Crippen LogP contribution in [0.15, 0.2) is 47.5 Å². The van der Waals surface area contributed by atoms with Gasteiger partial charge in [-0.25, -0.2) is 5.48 Å². The smallest absolute Gasteiger partial charge is 0.236 e. The van der Waals surface area contributed by atoms with E-state index in [4.69, 9.17) is 9.94 Å². The molecule has 0 aliphatic carbocycles. The predicted octanol–water partition coefficient (Wildman–Crippen LogP) is 3.00. The fraction of sp³-hybridized carbons (Fsp3) is 0.250. The number of benzene rings is 2. The Kier molecular flexibility index (Phi) is 6.82. The third kappa shape index (κ3) is 4.44. The number of rotatable bonds is 5. The third-order valence-electron chi connectivity index (χ3n) is 2.87. The molecule has 0 aromatic heterocycles. The number of fused-ring (bicyclic) bond motifs is 1. The number of hydrogen-bond acceptors (Lipinski definition) is 4. The van der Waals surface area contributed by atoms with Crippen molar-refractivity contribution >= 4 is 34.8 Å². The Bertz CT molecular complexity index is 666. The number of amidine groups is 1. The van der Waals surface area contributed by atoms with Gasteiger partial charge in [0.25, 0.3) is 0 Å². The molecule has 22 heavy (non-hydrogen) atoms. The number of nitrogens with zero attached hydrogens (tertiary/aromatic N) is 1. The van der Waals surface area contributed by atoms with Crippen LogP contribution in [0.2, 0.25) is 0 Å². The van der Waals surface area contributed by atoms with Crippen LogP contribution in [0.25, 0.3) is 10.8 Å². The van der Waals surface area contributed by atoms with Crippen LogP contribution >= 0.6 is 12.4 Å². The molecule has 5 nitrogen and oxygen atoms in total. The van der Waals surface area contributed by atoms with Crippen molar-refractivity contribution in [3.8, 4) is 5.75 Å². The molecule has 0 atom stereocenters. The molecule has 0 saturated heterocycles. The molecule has 0 amide bonds. The molecule has 0 aliphatic rings. The van der Waals surface area contributed by atoms with Gasteiger partial charge in [-0.2, -0.15) is 0 Å². The van der Waals surface area contributed by atoms with Crippen LogP contribution < -0.4 is 10.2 Å². The first-order chi connectivity index (χ1) is 10.1. The minimum absolute atomic E-state index is 0. The quantitative estimate of drug-likeness (QED) is 0.504. The summed E-state index contributed by atoms with van der Waals surface area (Å²) in [6.45, 7) is 3.44. The van der Waals surface area contributed by atoms with E-state index < -0.39 is 5.78 Å². The largest absolute Gasteiger partial charge is 0.485 e. The Morgan fingerprint density at radius 1 is 1.23 bits per heavy atom. The molecule has 0 fully saturated rings. The normalized spacial score (nSPS) is 11.2. The van der Waals surface area contributed by atoms with Crippen molar-refractivity contribution in [3.05, 3.63) is 42.5 Å². The van der Waals surface area contributed by atoms with E-state index >= 15 is 0 Å². The van der Waals surface area contributed by atoms with Gasteiger partial charge in [0, 0.05) is 11.4 Å². The fourth-order valence-electron chi connectivity index (χ4n) is 1.95. The van der Waals surface area contributed by atoms with E-state index in [0.717, 1.165) is 10.8 Å². The Morgan fingerprint density at radius 3 is 2.59 bits per heavy atom. The van der Waals surface area contributed by atoms with Gasteiger partial charge >= 0.3 is 0 Å². The first-order valence-corrected chi connectivity index (χ1v) is 6.73. The van der Waals surface area contributed by atoms with E-state index in [1.807, 2.05) is 55.7 Å². The Morgan fingerprint density at radius 2 is 1.91 bits per heavy atom. The van der Waals surface area contributed by atoms with Gasteiger partial charge in [-0.3, -0.25) is 15.0 Å². The monoisotopic (exact) mass is 322 g/mol. The summed E-state index contributed by atoms with van der Waals surface area (Å²) >= 11 is 0. The Labute approximate surface area is 135 Å². The average Bonchev–Trinajstić information content (AvgIpc) is 2.50. The van der Waals surface area contributed by atoms with Crippen LogP contribution in [-0.2, 0) is 4.79 Å². The molecule has 0 aliphatic heterocycles. The zero-order valence-corrected chi connectivity index (χ0v) is 13.3. The van der Waals surface area contributed by atoms with Crippen molar-refractivity contribution in [2.45, 2.75) is 19.9 Å². The summed E-state index contributed by atoms with van der Waals surface area (Å²) in [4.78, 5) is 15.9. The minimum Gasteiger partial charge on any atom is -0.485 e. The molecule has 118 valence electrons. The molecule has 2 aromatic rings. The Balaban J connectivity index is 0.00000242. The number of nitrogens with one attached hydrogen (secondary N) is 1. The number of Topliss-reactive ketones (excluding diaryl/α,β-unsaturated/α-hetero) is 1. The maximum Gasteiger partial charge on any atom is 0.236 e. The number of carbonyl (C=O) groups excluding carboxylic acids is 1. The van der Waals surface area contributed by atoms with Gasteiger partial charge in [0.1, 0.15) is 5.75 Å². The summed E-state index contributed by atoms with van der Waals surface area (Å²) < 4.78 is 5.56. The summed E-state index contributed by atoms with van der Waals surface area (Å²) in [6, 6.07) is 13.3. The maximum absolute atomic E-state index is 11.9. The lowest BCUT2D eigenvalue weighted by molar-refractivity contribution is -0.115. The van der Waals surface area contributed by atoms with Gasteiger partial charge in [0.2, 0.25) is 5.78 Å². The Hall–Kier alpha value is -2.11. The molecule has 0 radical (unpaired) electrons. The first-order valence-electron chi connectivity index (χ1n) is 6.73. The molecule has 2 N–H and O–H groups in total. The molecule has 0 spiro atoms. The molecule has 2 aromatic carbocycles.